The van der Waals surface area contributed by atoms with Crippen molar-refractivity contribution >= 4 is 28.0 Å². The maximum Gasteiger partial charge on any atom is 0.173 e. The number of rotatable bonds is 4. The van der Waals surface area contributed by atoms with E-state index in [4.69, 9.17) is 4.74 Å². The van der Waals surface area contributed by atoms with E-state index >= 15 is 9.59 Å². The van der Waals surface area contributed by atoms with E-state index in [2.05, 4.69) is 111 Å². The standard InChI is InChI=1S/C92H94N4O11/c1-49-46-93-48-86(101)70-15-6-9-52-18-26-69-81(49)47-95-82(69)45-84(99)65-24-16-51-34-73-56(39-75(52)79(73)35-51)21-28-72-68(30-31-94-91(72)96-61-23-17-53-19-27-71(70)88(102)78(53)43-61)64-14-7-10-54-36-59(41-80(92(105)106)74(54)33-50-8-5-11-62(97)32-50)63-12-3-4-13-66(63)67-25-20-55-37-58(64)38-60(65)40-77(55)89(103)90(104)83(98)29-22-57-42-87(107-2)85(100)44-76(57)67/h3-5,8,11-13,17,19,23,27,30,32,39,42-44,47,49,51-52,54-56,58-60,64-65,67,70,73-74,77,79-80,84,86,90,92-97,99-102,104-106H,14-16,22,24,29,31,33-38,40-41,45-46,48H2,1-2H3. The molecule has 3 aliphatic heterocycles. The molecule has 15 heteroatoms. The van der Waals surface area contributed by atoms with E-state index in [0.717, 1.165) is 74.9 Å². The molecule has 21 atom stereocenters. The maximum absolute atomic E-state index is 16.2. The third-order valence-corrected chi connectivity index (χ3v) is 26.8. The number of aromatic hydroxyl groups is 3. The van der Waals surface area contributed by atoms with Crippen LogP contribution in [0.1, 0.15) is 158 Å². The van der Waals surface area contributed by atoms with Crippen LogP contribution in [-0.2, 0) is 28.9 Å². The Balaban J connectivity index is 0.945. The summed E-state index contributed by atoms with van der Waals surface area (Å²) in [6.07, 6.45) is 7.10. The molecule has 3 fully saturated rings. The lowest BCUT2D eigenvalue weighted by molar-refractivity contribution is -0.142. The summed E-state index contributed by atoms with van der Waals surface area (Å²) in [5.74, 6) is 31.0. The van der Waals surface area contributed by atoms with Gasteiger partial charge in [0, 0.05) is 115 Å². The lowest BCUT2D eigenvalue weighted by atomic mass is 9.63. The van der Waals surface area contributed by atoms with Gasteiger partial charge in [0.2, 0.25) is 0 Å². The number of dihydropyridines is 1. The molecular formula is C92H94N4O11. The number of aliphatic hydroxyl groups is 5. The number of ketones is 2. The number of H-pyrrole nitrogens is 1. The molecule has 5 aromatic carbocycles. The number of hydrogen-bond donors (Lipinski definition) is 12. The number of aliphatic hydroxyl groups excluding tert-OH is 4. The Bertz CT molecular complexity index is 5000. The topological polar surface area (TPSA) is 257 Å². The Hall–Kier alpha value is -9.44. The molecule has 1 aromatic heterocycles. The van der Waals surface area contributed by atoms with E-state index in [0.29, 0.717) is 85.2 Å². The number of hydrogen-bond acceptors (Lipinski definition) is 14. The molecule has 11 aliphatic rings. The fourth-order valence-corrected chi connectivity index (χ4v) is 21.4. The van der Waals surface area contributed by atoms with Crippen molar-refractivity contribution in [2.45, 2.75) is 152 Å². The molecular weight excluding hydrogens is 1340 g/mol. The average molecular weight is 1430 g/mol. The summed E-state index contributed by atoms with van der Waals surface area (Å²) in [5, 5.41) is 111. The first-order valence-electron chi connectivity index (χ1n) is 39.1. The van der Waals surface area contributed by atoms with Crippen LogP contribution in [0.25, 0.3) is 10.8 Å². The summed E-state index contributed by atoms with van der Waals surface area (Å²) >= 11 is 0. The molecule has 21 unspecified atom stereocenters. The number of ether oxygens (including phenoxy) is 1. The molecule has 3 saturated carbocycles. The van der Waals surface area contributed by atoms with Gasteiger partial charge in [0.25, 0.3) is 0 Å². The molecule has 15 nitrogen and oxygen atoms in total. The largest absolute Gasteiger partial charge is 0.508 e. The summed E-state index contributed by atoms with van der Waals surface area (Å²) < 4.78 is 5.76. The van der Waals surface area contributed by atoms with Gasteiger partial charge in [-0.15, -0.1) is 11.8 Å². The minimum Gasteiger partial charge on any atom is -0.508 e. The number of aromatic nitrogens is 1. The molecule has 6 aromatic rings. The molecule has 0 amide bonds. The quantitative estimate of drug-likeness (QED) is 0.0339. The first-order chi connectivity index (χ1) is 52.0. The third-order valence-electron chi connectivity index (χ3n) is 26.8. The summed E-state index contributed by atoms with van der Waals surface area (Å²) in [4.78, 5) is 34.9. The number of carbonyl (C=O) groups excluding carboxylic acids is 2. The Morgan fingerprint density at radius 3 is 2.37 bits per heavy atom. The monoisotopic (exact) mass is 1430 g/mol. The summed E-state index contributed by atoms with van der Waals surface area (Å²) in [6, 6.07) is 28.5. The number of aromatic amines is 1. The predicted molar refractivity (Wildman–Crippen MR) is 409 cm³/mol. The molecule has 19 bridgehead atoms. The van der Waals surface area contributed by atoms with E-state index in [1.54, 1.807) is 24.3 Å². The van der Waals surface area contributed by atoms with Gasteiger partial charge in [-0.2, -0.15) is 0 Å². The van der Waals surface area contributed by atoms with Gasteiger partial charge < -0.3 is 66.5 Å². The highest BCUT2D eigenvalue weighted by Crippen LogP contribution is 2.56. The molecule has 17 rings (SSSR count). The van der Waals surface area contributed by atoms with Crippen LogP contribution < -0.4 is 20.7 Å². The third kappa shape index (κ3) is 13.4. The number of phenolic OH excluding ortho intramolecular Hbond substituents is 3. The number of methoxy groups -OCH3 is 1. The summed E-state index contributed by atoms with van der Waals surface area (Å²) in [6.45, 7) is 3.23. The zero-order valence-electron chi connectivity index (χ0n) is 60.6. The zero-order chi connectivity index (χ0) is 73.5. The van der Waals surface area contributed by atoms with Crippen LogP contribution in [0.15, 0.2) is 132 Å². The molecule has 0 saturated heterocycles. The second-order valence-corrected chi connectivity index (χ2v) is 32.8. The van der Waals surface area contributed by atoms with Crippen molar-refractivity contribution in [3.8, 4) is 82.2 Å². The van der Waals surface area contributed by atoms with Gasteiger partial charge in [0.15, 0.2) is 35.5 Å². The van der Waals surface area contributed by atoms with Crippen LogP contribution in [0.2, 0.25) is 0 Å². The Kier molecular flexibility index (Phi) is 19.3. The van der Waals surface area contributed by atoms with E-state index in [1.807, 2.05) is 60.8 Å². The lowest BCUT2D eigenvalue weighted by Gasteiger charge is -2.42. The van der Waals surface area contributed by atoms with E-state index in [-0.39, 0.29) is 115 Å². The highest BCUT2D eigenvalue weighted by atomic mass is 16.5. The van der Waals surface area contributed by atoms with Crippen molar-refractivity contribution in [3.05, 3.63) is 182 Å². The number of benzene rings is 5. The first kappa shape index (κ1) is 70.5. The van der Waals surface area contributed by atoms with Gasteiger partial charge in [-0.05, 0) is 210 Å². The highest BCUT2D eigenvalue weighted by Gasteiger charge is 2.50. The summed E-state index contributed by atoms with van der Waals surface area (Å²) in [7, 11) is 1.47. The maximum atomic E-state index is 16.2. The van der Waals surface area contributed by atoms with Crippen molar-refractivity contribution in [2.24, 2.45) is 82.9 Å². The van der Waals surface area contributed by atoms with Crippen molar-refractivity contribution < 1.29 is 55.2 Å². The predicted octanol–water partition coefficient (Wildman–Crippen LogP) is 11.4. The number of carbonyl (C=O) groups is 2. The molecule has 0 spiro atoms. The van der Waals surface area contributed by atoms with Gasteiger partial charge in [-0.1, -0.05) is 127 Å². The van der Waals surface area contributed by atoms with Gasteiger partial charge in [-0.25, -0.2) is 0 Å². The van der Waals surface area contributed by atoms with E-state index in [1.165, 1.54) is 7.11 Å². The first-order valence-corrected chi connectivity index (χ1v) is 39.1. The normalized spacial score (nSPS) is 33.3. The zero-order valence-corrected chi connectivity index (χ0v) is 60.6. The van der Waals surface area contributed by atoms with Crippen molar-refractivity contribution in [3.63, 3.8) is 0 Å². The van der Waals surface area contributed by atoms with Crippen molar-refractivity contribution in [1.82, 2.24) is 15.6 Å². The minimum atomic E-state index is -1.98. The van der Waals surface area contributed by atoms with Crippen LogP contribution in [0.3, 0.4) is 0 Å². The number of allylic oxidation sites excluding steroid dienone is 4. The van der Waals surface area contributed by atoms with Crippen LogP contribution in [0.5, 0.6) is 23.0 Å². The van der Waals surface area contributed by atoms with Gasteiger partial charge in [0.05, 0.1) is 30.8 Å². The number of anilines is 1. The number of aryl methyl sites for hydroxylation is 1. The fraction of sp³-hybridized carbons (Fsp3) is 0.457. The molecule has 8 aliphatic carbocycles. The Morgan fingerprint density at radius 2 is 1.52 bits per heavy atom. The second kappa shape index (κ2) is 29.3. The molecule has 4 heterocycles. The van der Waals surface area contributed by atoms with Gasteiger partial charge in [0.1, 0.15) is 23.2 Å². The molecule has 107 heavy (non-hydrogen) atoms. The van der Waals surface area contributed by atoms with E-state index < -0.39 is 95.3 Å². The number of nitrogens with one attached hydrogen (secondary N) is 4. The van der Waals surface area contributed by atoms with Crippen LogP contribution >= 0.6 is 0 Å². The number of Topliss-reactive ketones (excluding diaryl/α,β-unsaturated/α-hetero) is 2. The molecule has 548 valence electrons. The molecule has 0 radical (unpaired) electrons. The van der Waals surface area contributed by atoms with Crippen LogP contribution in [-0.4, -0.2) is 109 Å². The van der Waals surface area contributed by atoms with Crippen LogP contribution in [0, 0.1) is 142 Å². The second-order valence-electron chi connectivity index (χ2n) is 32.8. The Morgan fingerprint density at radius 1 is 0.682 bits per heavy atom. The lowest BCUT2D eigenvalue weighted by Crippen LogP contribution is -2.40. The number of fused-ring (bicyclic) bond motifs is 18. The fourth-order valence-electron chi connectivity index (χ4n) is 21.4. The van der Waals surface area contributed by atoms with E-state index in [9.17, 15) is 40.9 Å². The Labute approximate surface area is 626 Å². The van der Waals surface area contributed by atoms with Gasteiger partial charge >= 0.3 is 0 Å². The highest BCUT2D eigenvalue weighted by molar-refractivity contribution is 6.06. The number of phenols is 3. The SMILES string of the molecule is COc1cc2c(cc1O)C1C#CC3CC4CC(CC3C(=O)C(O)C(=O)CC2)C2CCC3CC5C6=CC(C#CC7=C(NCC=C7C4CC#CC4CC(CC(C(O)O)C4Cc4cccc(O)c4)c4ccccc41)Nc1ccc4ccc(c(O)c4c1)C1CC#CC6C#Cc4c(c[nH]c4CC2O)C(C)CNCC1O)C5C3. The van der Waals surface area contributed by atoms with Crippen molar-refractivity contribution in [1.29, 1.82) is 0 Å². The summed E-state index contributed by atoms with van der Waals surface area (Å²) in [5.41, 5.74) is 10.5. The average Bonchev–Trinajstić information content (AvgIpc) is 1.75. The minimum absolute atomic E-state index is 0.0591. The smallest absolute Gasteiger partial charge is 0.173 e. The van der Waals surface area contributed by atoms with Gasteiger partial charge in [-0.3, -0.25) is 9.59 Å². The molecule has 12 N–H and O–H groups in total. The number of β-amino-alcohol motifs (C(OH)–C–C–N with tert-alkyl or cyclic N) is 1. The van der Waals surface area contributed by atoms with Crippen molar-refractivity contribution in [2.75, 3.05) is 32.1 Å². The van der Waals surface area contributed by atoms with Crippen LogP contribution in [0.4, 0.5) is 5.69 Å².